The van der Waals surface area contributed by atoms with E-state index in [0.29, 0.717) is 40.2 Å². The van der Waals surface area contributed by atoms with Gasteiger partial charge in [-0.3, -0.25) is 4.90 Å². The van der Waals surface area contributed by atoms with Crippen LogP contribution in [0.4, 0.5) is 15.9 Å². The van der Waals surface area contributed by atoms with Crippen LogP contribution < -0.4 is 10.1 Å². The maximum Gasteiger partial charge on any atom is 0.159 e. The van der Waals surface area contributed by atoms with Gasteiger partial charge in [0.25, 0.3) is 0 Å². The molecule has 0 unspecified atom stereocenters. The number of morpholine rings is 1. The third-order valence-electron chi connectivity index (χ3n) is 6.39. The van der Waals surface area contributed by atoms with Crippen molar-refractivity contribution < 1.29 is 18.7 Å². The average Bonchev–Trinajstić information content (AvgIpc) is 2.99. The quantitative estimate of drug-likeness (QED) is 0.111. The van der Waals surface area contributed by atoms with Crippen molar-refractivity contribution in [3.8, 4) is 17.6 Å². The molecule has 1 fully saturated rings. The number of halogens is 2. The molecule has 210 valence electrons. The Labute approximate surface area is 243 Å². The zero-order valence-electron chi connectivity index (χ0n) is 22.6. The smallest absolute Gasteiger partial charge is 0.159 e. The van der Waals surface area contributed by atoms with Gasteiger partial charge < -0.3 is 19.6 Å². The lowest BCUT2D eigenvalue weighted by atomic mass is 10.1. The van der Waals surface area contributed by atoms with Gasteiger partial charge in [0.1, 0.15) is 36.9 Å². The first kappa shape index (κ1) is 28.3. The molecule has 8 nitrogen and oxygen atoms in total. The van der Waals surface area contributed by atoms with Gasteiger partial charge in [-0.25, -0.2) is 14.4 Å². The predicted molar refractivity (Wildman–Crippen MR) is 158 cm³/mol. The van der Waals surface area contributed by atoms with E-state index >= 15 is 0 Å². The van der Waals surface area contributed by atoms with Gasteiger partial charge in [-0.05, 0) is 66.9 Å². The van der Waals surface area contributed by atoms with Gasteiger partial charge in [0.05, 0.1) is 23.8 Å². The minimum atomic E-state index is -0.312. The number of aromatic nitrogens is 2. The monoisotopic (exact) mass is 573 g/mol. The number of benzene rings is 3. The van der Waals surface area contributed by atoms with Crippen LogP contribution in [0.2, 0.25) is 5.02 Å². The molecule has 0 bridgehead atoms. The van der Waals surface area contributed by atoms with Crippen molar-refractivity contribution in [3.05, 3.63) is 89.0 Å². The number of nitrogens with one attached hydrogen (secondary N) is 1. The zero-order valence-corrected chi connectivity index (χ0v) is 23.3. The van der Waals surface area contributed by atoms with Crippen LogP contribution in [0.5, 0.6) is 5.75 Å². The average molecular weight is 574 g/mol. The minimum Gasteiger partial charge on any atom is -0.487 e. The Bertz CT molecular complexity index is 1600. The maximum atomic E-state index is 13.5. The summed E-state index contributed by atoms with van der Waals surface area (Å²) in [5.74, 6) is 6.73. The summed E-state index contributed by atoms with van der Waals surface area (Å²) in [7, 11) is 0. The fourth-order valence-electron chi connectivity index (χ4n) is 4.29. The minimum absolute atomic E-state index is 0.199. The van der Waals surface area contributed by atoms with E-state index in [-0.39, 0.29) is 12.4 Å². The Morgan fingerprint density at radius 1 is 1.12 bits per heavy atom. The number of fused-ring (bicyclic) bond motifs is 1. The Kier molecular flexibility index (Phi) is 9.60. The van der Waals surface area contributed by atoms with Crippen molar-refractivity contribution in [3.63, 3.8) is 0 Å². The van der Waals surface area contributed by atoms with Crippen molar-refractivity contribution in [1.29, 1.82) is 0 Å². The number of hydrogen-bond donors (Lipinski definition) is 1. The van der Waals surface area contributed by atoms with Crippen LogP contribution in [-0.2, 0) is 16.2 Å². The first-order valence-corrected chi connectivity index (χ1v) is 13.6. The van der Waals surface area contributed by atoms with Gasteiger partial charge in [-0.15, -0.1) is 0 Å². The number of nitrogens with zero attached hydrogens (tertiary/aromatic N) is 4. The number of oxime groups is 1. The number of anilines is 2. The summed E-state index contributed by atoms with van der Waals surface area (Å²) >= 11 is 6.50. The molecule has 0 aliphatic carbocycles. The van der Waals surface area contributed by atoms with E-state index in [9.17, 15) is 4.39 Å². The molecular weight excluding hydrogens is 545 g/mol. The summed E-state index contributed by atoms with van der Waals surface area (Å²) in [6.07, 6.45) is 1.50. The van der Waals surface area contributed by atoms with Crippen molar-refractivity contribution in [2.45, 2.75) is 13.5 Å². The Hall–Kier alpha value is -4.23. The molecule has 4 aromatic rings. The third kappa shape index (κ3) is 7.70. The van der Waals surface area contributed by atoms with Gasteiger partial charge in [0.15, 0.2) is 5.71 Å². The molecule has 1 aromatic heterocycles. The fraction of sp³-hybridized carbons (Fsp3) is 0.258. The van der Waals surface area contributed by atoms with Crippen molar-refractivity contribution >= 4 is 39.7 Å². The number of rotatable bonds is 10. The van der Waals surface area contributed by atoms with E-state index in [2.05, 4.69) is 37.2 Å². The number of hydrogen-bond acceptors (Lipinski definition) is 8. The topological polar surface area (TPSA) is 81.1 Å². The summed E-state index contributed by atoms with van der Waals surface area (Å²) < 4.78 is 24.6. The lowest BCUT2D eigenvalue weighted by Crippen LogP contribution is -2.38. The molecule has 1 N–H and O–H groups in total. The standard InChI is InChI=1S/C31H29ClFN5O3/c1-2-4-28(37-41-16-13-38-11-14-39-15-12-38)23-7-9-29-26(18-23)31(35-21-34-29)36-25-8-10-30(27(32)19-25)40-20-22-5-3-6-24(33)17-22/h3,5-10,17-19,21H,11-16,20H2,1H3,(H,34,35,36). The molecule has 5 rings (SSSR count). The highest BCUT2D eigenvalue weighted by Crippen LogP contribution is 2.31. The largest absolute Gasteiger partial charge is 0.487 e. The SMILES string of the molecule is CC#CC(=NOCCN1CCOCC1)c1ccc2ncnc(Nc3ccc(OCc4cccc(F)c4)c(Cl)c3)c2c1. The van der Waals surface area contributed by atoms with Crippen molar-refractivity contribution in [2.75, 3.05) is 44.8 Å². The van der Waals surface area contributed by atoms with E-state index in [1.54, 1.807) is 31.2 Å². The van der Waals surface area contributed by atoms with Gasteiger partial charge in [-0.2, -0.15) is 0 Å². The molecule has 1 saturated heterocycles. The lowest BCUT2D eigenvalue weighted by Gasteiger charge is -2.25. The van der Waals surface area contributed by atoms with Crippen LogP contribution in [0.15, 0.2) is 72.1 Å². The van der Waals surface area contributed by atoms with E-state index in [1.807, 2.05) is 24.3 Å². The molecule has 1 aliphatic rings. The number of ether oxygens (including phenoxy) is 2. The van der Waals surface area contributed by atoms with E-state index in [1.165, 1.54) is 18.5 Å². The molecule has 0 spiro atoms. The Morgan fingerprint density at radius 2 is 2.00 bits per heavy atom. The van der Waals surface area contributed by atoms with E-state index in [4.69, 9.17) is 25.9 Å². The Morgan fingerprint density at radius 3 is 2.80 bits per heavy atom. The predicted octanol–water partition coefficient (Wildman–Crippen LogP) is 5.82. The van der Waals surface area contributed by atoms with Crippen LogP contribution in [0.1, 0.15) is 18.1 Å². The van der Waals surface area contributed by atoms with Crippen LogP contribution in [0, 0.1) is 17.7 Å². The second-order valence-electron chi connectivity index (χ2n) is 9.25. The second-order valence-corrected chi connectivity index (χ2v) is 9.65. The first-order valence-electron chi connectivity index (χ1n) is 13.2. The van der Waals surface area contributed by atoms with Crippen molar-refractivity contribution in [2.24, 2.45) is 5.16 Å². The van der Waals surface area contributed by atoms with E-state index < -0.39 is 0 Å². The molecule has 0 atom stereocenters. The summed E-state index contributed by atoms with van der Waals surface area (Å²) in [6.45, 7) is 6.46. The highest BCUT2D eigenvalue weighted by Gasteiger charge is 2.12. The summed E-state index contributed by atoms with van der Waals surface area (Å²) in [5, 5.41) is 8.84. The molecule has 10 heteroatoms. The Balaban J connectivity index is 1.30. The second kappa shape index (κ2) is 13.9. The molecule has 0 radical (unpaired) electrons. The molecule has 0 amide bonds. The van der Waals surface area contributed by atoms with Gasteiger partial charge in [-0.1, -0.05) is 34.8 Å². The fourth-order valence-corrected chi connectivity index (χ4v) is 4.53. The van der Waals surface area contributed by atoms with Crippen molar-refractivity contribution in [1.82, 2.24) is 14.9 Å². The van der Waals surface area contributed by atoms with Crippen LogP contribution in [0.25, 0.3) is 10.9 Å². The maximum absolute atomic E-state index is 13.5. The first-order chi connectivity index (χ1) is 20.1. The molecule has 2 heterocycles. The van der Waals surface area contributed by atoms with Gasteiger partial charge >= 0.3 is 0 Å². The molecule has 41 heavy (non-hydrogen) atoms. The van der Waals surface area contributed by atoms with Gasteiger partial charge in [0.2, 0.25) is 0 Å². The molecule has 1 aliphatic heterocycles. The molecule has 3 aromatic carbocycles. The van der Waals surface area contributed by atoms with Gasteiger partial charge in [0, 0.05) is 36.3 Å². The normalized spacial score (nSPS) is 13.9. The van der Waals surface area contributed by atoms with Crippen LogP contribution in [-0.4, -0.2) is 60.0 Å². The zero-order chi connectivity index (χ0) is 28.4. The summed E-state index contributed by atoms with van der Waals surface area (Å²) in [4.78, 5) is 16.8. The highest BCUT2D eigenvalue weighted by atomic mass is 35.5. The summed E-state index contributed by atoms with van der Waals surface area (Å²) in [6, 6.07) is 17.3. The summed E-state index contributed by atoms with van der Waals surface area (Å²) in [5.41, 5.74) is 3.49. The molecular formula is C31H29ClFN5O3. The highest BCUT2D eigenvalue weighted by molar-refractivity contribution is 6.32. The van der Waals surface area contributed by atoms with Crippen LogP contribution in [0.3, 0.4) is 0 Å². The third-order valence-corrected chi connectivity index (χ3v) is 6.68. The van der Waals surface area contributed by atoms with E-state index in [0.717, 1.165) is 49.3 Å². The van der Waals surface area contributed by atoms with Crippen LogP contribution >= 0.6 is 11.6 Å². The molecule has 0 saturated carbocycles. The lowest BCUT2D eigenvalue weighted by molar-refractivity contribution is 0.0213.